The number of carbonyl (C=O) groups is 1. The third kappa shape index (κ3) is 6.62. The Morgan fingerprint density at radius 1 is 0.909 bits per heavy atom. The van der Waals surface area contributed by atoms with Gasteiger partial charge in [-0.3, -0.25) is 0 Å². The van der Waals surface area contributed by atoms with Crippen LogP contribution in [0.3, 0.4) is 0 Å². The van der Waals surface area contributed by atoms with Gasteiger partial charge in [0.25, 0.3) is 0 Å². The van der Waals surface area contributed by atoms with Gasteiger partial charge in [-0.15, -0.1) is 0 Å². The number of rotatable bonds is 8. The minimum Gasteiger partial charge on any atom is -0.490 e. The van der Waals surface area contributed by atoms with Gasteiger partial charge in [0.05, 0.1) is 5.56 Å². The average Bonchev–Trinajstić information content (AvgIpc) is 2.79. The minimum atomic E-state index is -4.35. The van der Waals surface area contributed by atoms with Crippen molar-refractivity contribution in [1.29, 1.82) is 0 Å². The lowest BCUT2D eigenvalue weighted by atomic mass is 10.00. The molecule has 33 heavy (non-hydrogen) atoms. The van der Waals surface area contributed by atoms with Crippen molar-refractivity contribution in [3.05, 3.63) is 90.0 Å². The van der Waals surface area contributed by atoms with E-state index in [1.165, 1.54) is 19.1 Å². The molecule has 3 rings (SSSR count). The summed E-state index contributed by atoms with van der Waals surface area (Å²) in [5.41, 5.74) is 2.84. The molecule has 0 saturated heterocycles. The number of allylic oxidation sites excluding steroid dienone is 1. The highest BCUT2D eigenvalue weighted by Gasteiger charge is 2.29. The number of alkyl halides is 3. The van der Waals surface area contributed by atoms with Crippen LogP contribution in [0, 0.1) is 0 Å². The van der Waals surface area contributed by atoms with Crippen molar-refractivity contribution in [2.45, 2.75) is 26.1 Å². The Labute approximate surface area is 189 Å². The highest BCUT2D eigenvalue weighted by molar-refractivity contribution is 5.72. The maximum atomic E-state index is 12.7. The molecule has 0 spiro atoms. The van der Waals surface area contributed by atoms with E-state index in [1.54, 1.807) is 24.3 Å². The quantitative estimate of drug-likeness (QED) is 0.410. The van der Waals surface area contributed by atoms with Gasteiger partial charge in [0, 0.05) is 0 Å². The second-order valence-corrected chi connectivity index (χ2v) is 7.42. The van der Waals surface area contributed by atoms with Crippen molar-refractivity contribution in [3.8, 4) is 22.6 Å². The summed E-state index contributed by atoms with van der Waals surface area (Å²) < 4.78 is 49.1. The van der Waals surface area contributed by atoms with Gasteiger partial charge >= 0.3 is 12.1 Å². The zero-order valence-corrected chi connectivity index (χ0v) is 18.1. The second kappa shape index (κ2) is 10.3. The topological polar surface area (TPSA) is 55.8 Å². The van der Waals surface area contributed by atoms with Crippen LogP contribution >= 0.6 is 0 Å². The molecule has 4 nitrogen and oxygen atoms in total. The third-order valence-corrected chi connectivity index (χ3v) is 5.01. The number of carboxylic acids is 1. The first-order valence-corrected chi connectivity index (χ1v) is 10.2. The summed E-state index contributed by atoms with van der Waals surface area (Å²) in [7, 11) is 0. The van der Waals surface area contributed by atoms with Crippen LogP contribution in [0.1, 0.15) is 25.0 Å². The Hall–Kier alpha value is -3.74. The first kappa shape index (κ1) is 23.9. The molecule has 0 radical (unpaired) electrons. The molecule has 0 aliphatic heterocycles. The van der Waals surface area contributed by atoms with E-state index in [4.69, 9.17) is 14.6 Å². The Balaban J connectivity index is 1.57. The lowest BCUT2D eigenvalue weighted by Crippen LogP contribution is -2.22. The number of hydrogen-bond donors (Lipinski definition) is 1. The number of ether oxygens (including phenoxy) is 2. The van der Waals surface area contributed by atoms with Crippen LogP contribution in [0.25, 0.3) is 16.7 Å². The smallest absolute Gasteiger partial charge is 0.416 e. The van der Waals surface area contributed by atoms with Gasteiger partial charge in [-0.25, -0.2) is 4.79 Å². The molecule has 1 N–H and O–H groups in total. The highest BCUT2D eigenvalue weighted by Crippen LogP contribution is 2.31. The molecule has 0 aliphatic carbocycles. The van der Waals surface area contributed by atoms with E-state index >= 15 is 0 Å². The first-order valence-electron chi connectivity index (χ1n) is 10.2. The van der Waals surface area contributed by atoms with Crippen molar-refractivity contribution in [1.82, 2.24) is 0 Å². The summed E-state index contributed by atoms with van der Waals surface area (Å²) in [6.45, 7) is 3.73. The molecular formula is C26H23F3O4. The van der Waals surface area contributed by atoms with Crippen molar-refractivity contribution >= 4 is 11.5 Å². The Kier molecular flexibility index (Phi) is 7.43. The van der Waals surface area contributed by atoms with Gasteiger partial charge in [0.15, 0.2) is 6.10 Å². The van der Waals surface area contributed by atoms with Gasteiger partial charge in [-0.2, -0.15) is 13.2 Å². The largest absolute Gasteiger partial charge is 0.490 e. The van der Waals surface area contributed by atoms with Crippen molar-refractivity contribution < 1.29 is 32.5 Å². The second-order valence-electron chi connectivity index (χ2n) is 7.42. The minimum absolute atomic E-state index is 0.332. The zero-order valence-electron chi connectivity index (χ0n) is 18.1. The molecule has 0 unspecified atom stereocenters. The number of benzene rings is 3. The van der Waals surface area contributed by atoms with Gasteiger partial charge in [-0.1, -0.05) is 36.4 Å². The first-order chi connectivity index (χ1) is 15.6. The van der Waals surface area contributed by atoms with Crippen LogP contribution in [0.5, 0.6) is 11.5 Å². The maximum Gasteiger partial charge on any atom is 0.416 e. The molecule has 0 saturated carbocycles. The van der Waals surface area contributed by atoms with Gasteiger partial charge < -0.3 is 14.6 Å². The molecule has 172 valence electrons. The van der Waals surface area contributed by atoms with Crippen molar-refractivity contribution in [2.24, 2.45) is 0 Å². The molecule has 7 heteroatoms. The molecule has 1 atom stereocenters. The van der Waals surface area contributed by atoms with Crippen LogP contribution in [0.15, 0.2) is 78.9 Å². The average molecular weight is 456 g/mol. The summed E-state index contributed by atoms with van der Waals surface area (Å²) in [5, 5.41) is 8.88. The van der Waals surface area contributed by atoms with E-state index in [2.05, 4.69) is 0 Å². The van der Waals surface area contributed by atoms with E-state index in [1.807, 2.05) is 37.3 Å². The fraction of sp³-hybridized carbons (Fsp3) is 0.192. The number of hydrogen-bond acceptors (Lipinski definition) is 3. The molecule has 0 aliphatic rings. The number of halogens is 3. The standard InChI is InChI=1S/C26H23F3O4/c1-17(15-16-32-23-11-13-24(14-12-23)33-18(2)25(30)31)19-3-5-20(6-4-19)21-7-9-22(10-8-21)26(27,28)29/h3-15,18H,16H2,1-2H3,(H,30,31)/b17-15+/t18-/m1/s1. The predicted octanol–water partition coefficient (Wildman–Crippen LogP) is 6.71. The SMILES string of the molecule is C/C(=C\COc1ccc(O[C@H](C)C(=O)O)cc1)c1ccc(-c2ccc(C(F)(F)F)cc2)cc1. The van der Waals surface area contributed by atoms with Crippen molar-refractivity contribution in [3.63, 3.8) is 0 Å². The van der Waals surface area contributed by atoms with E-state index in [9.17, 15) is 18.0 Å². The third-order valence-electron chi connectivity index (χ3n) is 5.01. The lowest BCUT2D eigenvalue weighted by molar-refractivity contribution is -0.144. The molecular weight excluding hydrogens is 433 g/mol. The Morgan fingerprint density at radius 3 is 1.94 bits per heavy atom. The lowest BCUT2D eigenvalue weighted by Gasteiger charge is -2.11. The molecule has 0 heterocycles. The van der Waals surface area contributed by atoms with Crippen LogP contribution in [0.4, 0.5) is 13.2 Å². The maximum absolute atomic E-state index is 12.7. The van der Waals surface area contributed by atoms with Gasteiger partial charge in [0.1, 0.15) is 18.1 Å². The molecule has 0 aromatic heterocycles. The molecule has 3 aromatic rings. The van der Waals surface area contributed by atoms with Crippen LogP contribution in [-0.4, -0.2) is 23.8 Å². The van der Waals surface area contributed by atoms with Gasteiger partial charge in [0.2, 0.25) is 0 Å². The Bertz CT molecular complexity index is 1100. The van der Waals surface area contributed by atoms with Crippen molar-refractivity contribution in [2.75, 3.05) is 6.61 Å². The summed E-state index contributed by atoms with van der Waals surface area (Å²) in [6.07, 6.45) is -3.36. The number of aliphatic carboxylic acids is 1. The van der Waals surface area contributed by atoms with Gasteiger partial charge in [-0.05, 0) is 78.6 Å². The summed E-state index contributed by atoms with van der Waals surface area (Å²) in [4.78, 5) is 10.8. The van der Waals surface area contributed by atoms with E-state index in [-0.39, 0.29) is 0 Å². The van der Waals surface area contributed by atoms with Crippen LogP contribution in [-0.2, 0) is 11.0 Å². The molecule has 0 bridgehead atoms. The molecule has 0 fully saturated rings. The van der Waals surface area contributed by atoms with Crippen LogP contribution in [0.2, 0.25) is 0 Å². The molecule has 0 amide bonds. The highest BCUT2D eigenvalue weighted by atomic mass is 19.4. The van der Waals surface area contributed by atoms with E-state index in [0.29, 0.717) is 23.7 Å². The zero-order chi connectivity index (χ0) is 24.0. The summed E-state index contributed by atoms with van der Waals surface area (Å²) in [6, 6.07) is 19.3. The Morgan fingerprint density at radius 2 is 1.42 bits per heavy atom. The van der Waals surface area contributed by atoms with E-state index in [0.717, 1.165) is 28.8 Å². The summed E-state index contributed by atoms with van der Waals surface area (Å²) >= 11 is 0. The predicted molar refractivity (Wildman–Crippen MR) is 120 cm³/mol. The molecule has 3 aromatic carbocycles. The number of carboxylic acid groups (broad SMARTS) is 1. The summed E-state index contributed by atoms with van der Waals surface area (Å²) in [5.74, 6) is 0.0208. The fourth-order valence-electron chi connectivity index (χ4n) is 3.03. The van der Waals surface area contributed by atoms with E-state index < -0.39 is 23.8 Å². The monoisotopic (exact) mass is 456 g/mol. The van der Waals surface area contributed by atoms with Crippen LogP contribution < -0.4 is 9.47 Å². The normalized spacial score (nSPS) is 12.8. The fourth-order valence-corrected chi connectivity index (χ4v) is 3.03.